The van der Waals surface area contributed by atoms with Gasteiger partial charge in [0.2, 0.25) is 15.9 Å². The molecular weight excluding hydrogens is 403 g/mol. The van der Waals surface area contributed by atoms with Crippen molar-refractivity contribution in [2.24, 2.45) is 5.92 Å². The zero-order chi connectivity index (χ0) is 19.7. The summed E-state index contributed by atoms with van der Waals surface area (Å²) in [5.41, 5.74) is -1.01. The molecule has 0 radical (unpaired) electrons. The lowest BCUT2D eigenvalue weighted by Crippen LogP contribution is -2.42. The third-order valence-electron chi connectivity index (χ3n) is 4.62. The van der Waals surface area contributed by atoms with Crippen LogP contribution in [0.25, 0.3) is 0 Å². The van der Waals surface area contributed by atoms with Crippen LogP contribution in [0.4, 0.5) is 13.2 Å². The summed E-state index contributed by atoms with van der Waals surface area (Å²) in [4.78, 5) is 13.7. The molecule has 1 aromatic carbocycles. The number of nitrogens with zero attached hydrogens (tertiary/aromatic N) is 1. The van der Waals surface area contributed by atoms with Crippen molar-refractivity contribution in [3.8, 4) is 0 Å². The Morgan fingerprint density at radius 1 is 1.37 bits per heavy atom. The number of carbonyl (C=O) groups is 1. The Kier molecular flexibility index (Phi) is 6.04. The average Bonchev–Trinajstić information content (AvgIpc) is 3.31. The largest absolute Gasteiger partial charge is 0.416 e. The maximum Gasteiger partial charge on any atom is 0.416 e. The predicted molar refractivity (Wildman–Crippen MR) is 95.6 cm³/mol. The normalized spacial score (nSPS) is 23.7. The molecule has 2 N–H and O–H groups in total. The van der Waals surface area contributed by atoms with Crippen LogP contribution in [0.1, 0.15) is 12.0 Å². The Morgan fingerprint density at radius 2 is 2.15 bits per heavy atom. The van der Waals surface area contributed by atoms with Gasteiger partial charge in [0.15, 0.2) is 0 Å². The van der Waals surface area contributed by atoms with Crippen LogP contribution < -0.4 is 10.0 Å². The van der Waals surface area contributed by atoms with Gasteiger partial charge in [-0.25, -0.2) is 13.1 Å². The molecule has 1 amide bonds. The average molecular weight is 423 g/mol. The van der Waals surface area contributed by atoms with E-state index in [1.807, 2.05) is 0 Å². The quantitative estimate of drug-likeness (QED) is 0.751. The molecule has 3 rings (SSSR count). The molecule has 2 aliphatic heterocycles. The Hall–Kier alpha value is -1.30. The molecule has 0 bridgehead atoms. The van der Waals surface area contributed by atoms with Crippen LogP contribution in [-0.4, -0.2) is 56.5 Å². The third-order valence-corrected chi connectivity index (χ3v) is 7.00. The van der Waals surface area contributed by atoms with Gasteiger partial charge in [0.25, 0.3) is 0 Å². The minimum absolute atomic E-state index is 0.0169. The SMILES string of the molecule is O=C(C1CC(CNS(=O)(=O)c2cccc(C(F)(F)F)c2)CN1)N1CCSC1. The van der Waals surface area contributed by atoms with Gasteiger partial charge in [-0.1, -0.05) is 6.07 Å². The second kappa shape index (κ2) is 7.98. The van der Waals surface area contributed by atoms with E-state index in [1.165, 1.54) is 0 Å². The van der Waals surface area contributed by atoms with Crippen molar-refractivity contribution in [1.29, 1.82) is 0 Å². The number of thioether (sulfide) groups is 1. The number of rotatable bonds is 5. The zero-order valence-electron chi connectivity index (χ0n) is 14.3. The van der Waals surface area contributed by atoms with Gasteiger partial charge in [0.05, 0.1) is 22.4 Å². The van der Waals surface area contributed by atoms with Crippen LogP contribution in [-0.2, 0) is 21.0 Å². The van der Waals surface area contributed by atoms with Crippen LogP contribution in [0, 0.1) is 5.92 Å². The maximum absolute atomic E-state index is 12.8. The Labute approximate surface area is 159 Å². The molecular formula is C16H20F3N3O3S2. The van der Waals surface area contributed by atoms with Gasteiger partial charge in [-0.2, -0.15) is 13.2 Å². The molecule has 2 unspecified atom stereocenters. The molecule has 2 atom stereocenters. The minimum Gasteiger partial charge on any atom is -0.331 e. The Morgan fingerprint density at radius 3 is 2.81 bits per heavy atom. The van der Waals surface area contributed by atoms with Crippen molar-refractivity contribution in [3.05, 3.63) is 29.8 Å². The first kappa shape index (κ1) is 20.4. The molecule has 2 aliphatic rings. The third kappa shape index (κ3) is 4.95. The van der Waals surface area contributed by atoms with Crippen LogP contribution in [0.15, 0.2) is 29.2 Å². The highest BCUT2D eigenvalue weighted by molar-refractivity contribution is 7.99. The lowest BCUT2D eigenvalue weighted by atomic mass is 10.1. The minimum atomic E-state index is -4.61. The number of amides is 1. The molecule has 2 heterocycles. The highest BCUT2D eigenvalue weighted by Gasteiger charge is 2.34. The first-order valence-corrected chi connectivity index (χ1v) is 11.1. The first-order chi connectivity index (χ1) is 12.7. The number of alkyl halides is 3. The summed E-state index contributed by atoms with van der Waals surface area (Å²) >= 11 is 1.69. The van der Waals surface area contributed by atoms with Gasteiger partial charge in [0, 0.05) is 25.4 Å². The molecule has 11 heteroatoms. The molecule has 1 aromatic rings. The van der Waals surface area contributed by atoms with Gasteiger partial charge in [0.1, 0.15) is 0 Å². The van der Waals surface area contributed by atoms with Crippen molar-refractivity contribution < 1.29 is 26.4 Å². The topological polar surface area (TPSA) is 78.5 Å². The van der Waals surface area contributed by atoms with Gasteiger partial charge in [-0.3, -0.25) is 4.79 Å². The van der Waals surface area contributed by atoms with Crippen LogP contribution in [0.5, 0.6) is 0 Å². The smallest absolute Gasteiger partial charge is 0.331 e. The van der Waals surface area contributed by atoms with Crippen LogP contribution in [0.2, 0.25) is 0 Å². The van der Waals surface area contributed by atoms with Gasteiger partial charge in [-0.15, -0.1) is 11.8 Å². The van der Waals surface area contributed by atoms with Crippen molar-refractivity contribution in [2.75, 3.05) is 31.3 Å². The maximum atomic E-state index is 12.8. The fraction of sp³-hybridized carbons (Fsp3) is 0.562. The number of benzene rings is 1. The summed E-state index contributed by atoms with van der Waals surface area (Å²) in [7, 11) is -4.06. The molecule has 2 saturated heterocycles. The molecule has 0 spiro atoms. The molecule has 0 saturated carbocycles. The summed E-state index contributed by atoms with van der Waals surface area (Å²) in [5.74, 6) is 1.50. The van der Waals surface area contributed by atoms with Crippen LogP contribution in [0.3, 0.4) is 0 Å². The van der Waals surface area contributed by atoms with Crippen molar-refractivity contribution in [2.45, 2.75) is 23.5 Å². The molecule has 150 valence electrons. The molecule has 0 aromatic heterocycles. The lowest BCUT2D eigenvalue weighted by Gasteiger charge is -2.19. The zero-order valence-corrected chi connectivity index (χ0v) is 16.0. The monoisotopic (exact) mass is 423 g/mol. The summed E-state index contributed by atoms with van der Waals surface area (Å²) in [6.45, 7) is 1.25. The number of hydrogen-bond donors (Lipinski definition) is 2. The summed E-state index contributed by atoms with van der Waals surface area (Å²) in [6.07, 6.45) is -4.12. The fourth-order valence-electron chi connectivity index (χ4n) is 3.11. The van der Waals surface area contributed by atoms with E-state index < -0.39 is 26.7 Å². The molecule has 0 aliphatic carbocycles. The van der Waals surface area contributed by atoms with Gasteiger partial charge >= 0.3 is 6.18 Å². The summed E-state index contributed by atoms with van der Waals surface area (Å²) < 4.78 is 65.3. The van der Waals surface area contributed by atoms with Crippen molar-refractivity contribution in [1.82, 2.24) is 14.9 Å². The van der Waals surface area contributed by atoms with Crippen LogP contribution >= 0.6 is 11.8 Å². The van der Waals surface area contributed by atoms with Gasteiger partial charge < -0.3 is 10.2 Å². The number of sulfonamides is 1. The Bertz CT molecular complexity index is 796. The lowest BCUT2D eigenvalue weighted by molar-refractivity contribution is -0.137. The number of hydrogen-bond acceptors (Lipinski definition) is 5. The predicted octanol–water partition coefficient (Wildman–Crippen LogP) is 1.49. The highest BCUT2D eigenvalue weighted by atomic mass is 32.2. The number of nitrogens with one attached hydrogen (secondary N) is 2. The van der Waals surface area contributed by atoms with E-state index in [1.54, 1.807) is 16.7 Å². The fourth-order valence-corrected chi connectivity index (χ4v) is 5.23. The standard InChI is InChI=1S/C16H20F3N3O3S2/c17-16(18,19)12-2-1-3-13(7-12)27(24,25)21-9-11-6-14(20-8-11)15(23)22-4-5-26-10-22/h1-3,7,11,14,20-21H,4-6,8-10H2. The van der Waals surface area contributed by atoms with E-state index in [0.717, 1.165) is 24.0 Å². The molecule has 6 nitrogen and oxygen atoms in total. The van der Waals surface area contributed by atoms with E-state index in [4.69, 9.17) is 0 Å². The summed E-state index contributed by atoms with van der Waals surface area (Å²) in [5, 5.41) is 3.10. The van der Waals surface area contributed by atoms with E-state index in [0.29, 0.717) is 31.5 Å². The highest BCUT2D eigenvalue weighted by Crippen LogP contribution is 2.30. The first-order valence-electron chi connectivity index (χ1n) is 8.43. The van der Waals surface area contributed by atoms with E-state index >= 15 is 0 Å². The van der Waals surface area contributed by atoms with Crippen molar-refractivity contribution in [3.63, 3.8) is 0 Å². The second-order valence-electron chi connectivity index (χ2n) is 6.58. The molecule has 2 fully saturated rings. The molecule has 27 heavy (non-hydrogen) atoms. The number of carbonyl (C=O) groups excluding carboxylic acids is 1. The van der Waals surface area contributed by atoms with E-state index in [2.05, 4.69) is 10.0 Å². The van der Waals surface area contributed by atoms with E-state index in [9.17, 15) is 26.4 Å². The van der Waals surface area contributed by atoms with Gasteiger partial charge in [-0.05, 0) is 30.5 Å². The van der Waals surface area contributed by atoms with Crippen molar-refractivity contribution >= 4 is 27.7 Å². The summed E-state index contributed by atoms with van der Waals surface area (Å²) in [6, 6.07) is 3.30. The Balaban J connectivity index is 1.57. The number of halogens is 3. The second-order valence-corrected chi connectivity index (χ2v) is 9.42. The van der Waals surface area contributed by atoms with E-state index in [-0.39, 0.29) is 24.4 Å².